The highest BCUT2D eigenvalue weighted by Crippen LogP contribution is 2.24. The second-order valence-electron chi connectivity index (χ2n) is 5.16. The largest absolute Gasteiger partial charge is 0.475 e. The molecule has 0 radical (unpaired) electrons. The van der Waals surface area contributed by atoms with Crippen molar-refractivity contribution in [2.75, 3.05) is 19.8 Å². The molecule has 1 N–H and O–H groups in total. The Morgan fingerprint density at radius 2 is 1.95 bits per heavy atom. The van der Waals surface area contributed by atoms with Crippen LogP contribution in [0.1, 0.15) is 32.1 Å². The summed E-state index contributed by atoms with van der Waals surface area (Å²) in [6.07, 6.45) is 3.37. The lowest BCUT2D eigenvalue weighted by atomic mass is 9.96. The number of nitrogens with zero attached hydrogens (tertiary/aromatic N) is 1. The zero-order chi connectivity index (χ0) is 13.8. The minimum absolute atomic E-state index is 0.105. The molecule has 19 heavy (non-hydrogen) atoms. The molecule has 2 fully saturated rings. The first-order valence-corrected chi connectivity index (χ1v) is 6.74. The zero-order valence-electron chi connectivity index (χ0n) is 10.8. The van der Waals surface area contributed by atoms with Crippen LogP contribution >= 0.6 is 0 Å². The normalized spacial score (nSPS) is 24.7. The Morgan fingerprint density at radius 3 is 2.58 bits per heavy atom. The maximum atomic E-state index is 11.7. The van der Waals surface area contributed by atoms with Gasteiger partial charge in [0.2, 0.25) is 5.91 Å². The standard InChI is InChI=1S/C13H19NO5/c15-11-2-1-10(12(16)13(17)18)14(11)6-3-9-4-7-19-8-5-9/h9-10H,1-8H2,(H,17,18). The van der Waals surface area contributed by atoms with Crippen LogP contribution in [0, 0.1) is 5.92 Å². The molecule has 2 saturated heterocycles. The molecule has 6 heteroatoms. The lowest BCUT2D eigenvalue weighted by Gasteiger charge is -2.27. The van der Waals surface area contributed by atoms with E-state index in [9.17, 15) is 14.4 Å². The second-order valence-corrected chi connectivity index (χ2v) is 5.16. The number of Topliss-reactive ketones (excluding diaryl/α,β-unsaturated/α-hetero) is 1. The fourth-order valence-corrected chi connectivity index (χ4v) is 2.79. The summed E-state index contributed by atoms with van der Waals surface area (Å²) in [7, 11) is 0. The van der Waals surface area contributed by atoms with Crippen LogP contribution in [0.2, 0.25) is 0 Å². The Labute approximate surface area is 111 Å². The summed E-state index contributed by atoms with van der Waals surface area (Å²) >= 11 is 0. The monoisotopic (exact) mass is 269 g/mol. The predicted molar refractivity (Wildman–Crippen MR) is 65.5 cm³/mol. The number of carbonyl (C=O) groups is 3. The Balaban J connectivity index is 1.90. The molecule has 106 valence electrons. The van der Waals surface area contributed by atoms with E-state index >= 15 is 0 Å². The number of hydrogen-bond donors (Lipinski definition) is 1. The molecule has 6 nitrogen and oxygen atoms in total. The van der Waals surface area contributed by atoms with Crippen molar-refractivity contribution in [3.8, 4) is 0 Å². The Morgan fingerprint density at radius 1 is 1.26 bits per heavy atom. The molecule has 1 atom stereocenters. The fourth-order valence-electron chi connectivity index (χ4n) is 2.79. The van der Waals surface area contributed by atoms with Gasteiger partial charge in [-0.1, -0.05) is 0 Å². The molecular formula is C13H19NO5. The maximum Gasteiger partial charge on any atom is 0.374 e. The van der Waals surface area contributed by atoms with E-state index in [1.54, 1.807) is 0 Å². The van der Waals surface area contributed by atoms with Gasteiger partial charge in [-0.05, 0) is 31.6 Å². The number of ketones is 1. The Hall–Kier alpha value is -1.43. The van der Waals surface area contributed by atoms with Crippen molar-refractivity contribution in [3.63, 3.8) is 0 Å². The van der Waals surface area contributed by atoms with Crippen LogP contribution in [-0.2, 0) is 19.1 Å². The molecule has 1 amide bonds. The summed E-state index contributed by atoms with van der Waals surface area (Å²) in [4.78, 5) is 35.5. The van der Waals surface area contributed by atoms with E-state index in [4.69, 9.17) is 9.84 Å². The van der Waals surface area contributed by atoms with Crippen molar-refractivity contribution in [2.24, 2.45) is 5.92 Å². The van der Waals surface area contributed by atoms with Gasteiger partial charge in [0.05, 0.1) is 0 Å². The first-order valence-electron chi connectivity index (χ1n) is 6.74. The number of amides is 1. The third-order valence-corrected chi connectivity index (χ3v) is 3.96. The quantitative estimate of drug-likeness (QED) is 0.732. The zero-order valence-corrected chi connectivity index (χ0v) is 10.8. The van der Waals surface area contributed by atoms with E-state index in [2.05, 4.69) is 0 Å². The van der Waals surface area contributed by atoms with Crippen LogP contribution in [0.25, 0.3) is 0 Å². The first kappa shape index (κ1) is 14.0. The molecular weight excluding hydrogens is 250 g/mol. The molecule has 0 aliphatic carbocycles. The highest BCUT2D eigenvalue weighted by molar-refractivity contribution is 6.35. The van der Waals surface area contributed by atoms with Crippen molar-refractivity contribution >= 4 is 17.7 Å². The third-order valence-electron chi connectivity index (χ3n) is 3.96. The third kappa shape index (κ3) is 3.32. The lowest BCUT2D eigenvalue weighted by molar-refractivity contribution is -0.152. The van der Waals surface area contributed by atoms with Gasteiger partial charge in [-0.25, -0.2) is 4.79 Å². The van der Waals surface area contributed by atoms with E-state index in [1.807, 2.05) is 0 Å². The Kier molecular flexibility index (Phi) is 4.52. The highest BCUT2D eigenvalue weighted by atomic mass is 16.5. The predicted octanol–water partition coefficient (Wildman–Crippen LogP) is 0.448. The number of aliphatic carboxylic acids is 1. The Bertz CT molecular complexity index is 375. The van der Waals surface area contributed by atoms with E-state index < -0.39 is 17.8 Å². The first-order chi connectivity index (χ1) is 9.09. The fraction of sp³-hybridized carbons (Fsp3) is 0.769. The molecule has 0 bridgehead atoms. The molecule has 2 heterocycles. The molecule has 0 aromatic carbocycles. The summed E-state index contributed by atoms with van der Waals surface area (Å²) in [5, 5.41) is 8.76. The van der Waals surface area contributed by atoms with Crippen molar-refractivity contribution in [2.45, 2.75) is 38.1 Å². The molecule has 2 rings (SSSR count). The van der Waals surface area contributed by atoms with Crippen LogP contribution in [-0.4, -0.2) is 53.5 Å². The highest BCUT2D eigenvalue weighted by Gasteiger charge is 2.38. The lowest BCUT2D eigenvalue weighted by Crippen LogP contribution is -2.42. The number of carbonyl (C=O) groups excluding carboxylic acids is 2. The SMILES string of the molecule is O=C(O)C(=O)C1CCC(=O)N1CCC1CCOCC1. The number of carboxylic acids is 1. The molecule has 0 saturated carbocycles. The number of rotatable bonds is 5. The van der Waals surface area contributed by atoms with E-state index in [-0.39, 0.29) is 12.3 Å². The van der Waals surface area contributed by atoms with Crippen molar-refractivity contribution in [1.29, 1.82) is 0 Å². The molecule has 0 aromatic rings. The number of ether oxygens (including phenoxy) is 1. The van der Waals surface area contributed by atoms with Gasteiger partial charge in [0.1, 0.15) is 6.04 Å². The van der Waals surface area contributed by atoms with Crippen LogP contribution < -0.4 is 0 Å². The second kappa shape index (κ2) is 6.14. The summed E-state index contributed by atoms with van der Waals surface area (Å²) in [5.74, 6) is -1.91. The van der Waals surface area contributed by atoms with Crippen molar-refractivity contribution in [1.82, 2.24) is 4.90 Å². The molecule has 0 spiro atoms. The van der Waals surface area contributed by atoms with Gasteiger partial charge >= 0.3 is 5.97 Å². The topological polar surface area (TPSA) is 83.9 Å². The van der Waals surface area contributed by atoms with Crippen molar-refractivity contribution < 1.29 is 24.2 Å². The summed E-state index contributed by atoms with van der Waals surface area (Å²) in [5.41, 5.74) is 0. The van der Waals surface area contributed by atoms with Gasteiger partial charge in [-0.3, -0.25) is 9.59 Å². The van der Waals surface area contributed by atoms with E-state index in [1.165, 1.54) is 4.90 Å². The number of carboxylic acid groups (broad SMARTS) is 1. The van der Waals surface area contributed by atoms with Crippen LogP contribution in [0.15, 0.2) is 0 Å². The van der Waals surface area contributed by atoms with Crippen LogP contribution in [0.5, 0.6) is 0 Å². The van der Waals surface area contributed by atoms with Gasteiger partial charge in [0, 0.05) is 26.2 Å². The minimum Gasteiger partial charge on any atom is -0.475 e. The summed E-state index contributed by atoms with van der Waals surface area (Å²) < 4.78 is 5.27. The minimum atomic E-state index is -1.45. The van der Waals surface area contributed by atoms with Gasteiger partial charge < -0.3 is 14.7 Å². The molecule has 0 aromatic heterocycles. The average Bonchev–Trinajstić information content (AvgIpc) is 2.78. The van der Waals surface area contributed by atoms with Gasteiger partial charge in [-0.2, -0.15) is 0 Å². The van der Waals surface area contributed by atoms with Gasteiger partial charge in [-0.15, -0.1) is 0 Å². The smallest absolute Gasteiger partial charge is 0.374 e. The van der Waals surface area contributed by atoms with Crippen LogP contribution in [0.4, 0.5) is 0 Å². The van der Waals surface area contributed by atoms with Crippen molar-refractivity contribution in [3.05, 3.63) is 0 Å². The number of likely N-dealkylation sites (tertiary alicyclic amines) is 1. The van der Waals surface area contributed by atoms with Gasteiger partial charge in [0.15, 0.2) is 0 Å². The maximum absolute atomic E-state index is 11.7. The summed E-state index contributed by atoms with van der Waals surface area (Å²) in [6.45, 7) is 1.97. The van der Waals surface area contributed by atoms with Crippen LogP contribution in [0.3, 0.4) is 0 Å². The average molecular weight is 269 g/mol. The molecule has 2 aliphatic heterocycles. The summed E-state index contributed by atoms with van der Waals surface area (Å²) in [6, 6.07) is -0.759. The molecule has 1 unspecified atom stereocenters. The van der Waals surface area contributed by atoms with Gasteiger partial charge in [0.25, 0.3) is 5.78 Å². The molecule has 2 aliphatic rings. The number of hydrogen-bond acceptors (Lipinski definition) is 4. The van der Waals surface area contributed by atoms with E-state index in [0.29, 0.717) is 18.9 Å². The van der Waals surface area contributed by atoms with E-state index in [0.717, 1.165) is 32.5 Å².